The molecule has 0 radical (unpaired) electrons. The molecule has 0 bridgehead atoms. The number of para-hydroxylation sites is 1. The Morgan fingerprint density at radius 1 is 1.19 bits per heavy atom. The van der Waals surface area contributed by atoms with E-state index in [1.807, 2.05) is 12.1 Å². The van der Waals surface area contributed by atoms with Crippen molar-refractivity contribution in [1.29, 1.82) is 0 Å². The quantitative estimate of drug-likeness (QED) is 0.335. The molecule has 0 aliphatic carbocycles. The lowest BCUT2D eigenvalue weighted by Crippen LogP contribution is -2.18. The summed E-state index contributed by atoms with van der Waals surface area (Å²) in [5, 5.41) is 12.6. The first kappa shape index (κ1) is 25.6. The summed E-state index contributed by atoms with van der Waals surface area (Å²) >= 11 is 0. The third-order valence-corrected chi connectivity index (χ3v) is 6.16. The molecule has 3 aromatic carbocycles. The molecule has 6 nitrogen and oxygen atoms in total. The van der Waals surface area contributed by atoms with Crippen molar-refractivity contribution in [3.63, 3.8) is 0 Å². The van der Waals surface area contributed by atoms with Crippen molar-refractivity contribution in [3.05, 3.63) is 83.2 Å². The first-order valence-electron chi connectivity index (χ1n) is 12.0. The predicted octanol–water partition coefficient (Wildman–Crippen LogP) is 5.26. The van der Waals surface area contributed by atoms with Gasteiger partial charge in [0.2, 0.25) is 0 Å². The third-order valence-electron chi connectivity index (χ3n) is 6.16. The monoisotopic (exact) mass is 496 g/mol. The zero-order valence-electron chi connectivity index (χ0n) is 19.9. The zero-order chi connectivity index (χ0) is 25.5. The number of alkyl halides is 1. The second kappa shape index (κ2) is 12.0. The van der Waals surface area contributed by atoms with E-state index in [1.165, 1.54) is 6.07 Å². The zero-order valence-corrected chi connectivity index (χ0v) is 19.9. The third kappa shape index (κ3) is 6.38. The van der Waals surface area contributed by atoms with Crippen LogP contribution in [-0.2, 0) is 22.6 Å². The molecule has 1 fully saturated rings. The Kier molecular flexibility index (Phi) is 8.51. The minimum absolute atomic E-state index is 0.110. The van der Waals surface area contributed by atoms with Gasteiger partial charge in [-0.05, 0) is 48.2 Å². The van der Waals surface area contributed by atoms with E-state index >= 15 is 4.39 Å². The SMILES string of the molecule is NC(CF)c1cccc(-c2cc(COc3ccccc3CC(=O)O)cc(NC[C@@H]3CCCO3)c2)c1F. The molecule has 0 amide bonds. The lowest BCUT2D eigenvalue weighted by Gasteiger charge is -2.17. The molecule has 1 saturated heterocycles. The van der Waals surface area contributed by atoms with Crippen LogP contribution in [0.2, 0.25) is 0 Å². The molecule has 0 saturated carbocycles. The average molecular weight is 497 g/mol. The highest BCUT2D eigenvalue weighted by atomic mass is 19.1. The number of rotatable bonds is 11. The van der Waals surface area contributed by atoms with Crippen molar-refractivity contribution in [2.75, 3.05) is 25.1 Å². The summed E-state index contributed by atoms with van der Waals surface area (Å²) < 4.78 is 40.2. The normalized spacial score (nSPS) is 16.0. The van der Waals surface area contributed by atoms with Crippen molar-refractivity contribution >= 4 is 11.7 Å². The molecule has 36 heavy (non-hydrogen) atoms. The van der Waals surface area contributed by atoms with Crippen LogP contribution in [-0.4, -0.2) is 37.0 Å². The second-order valence-corrected chi connectivity index (χ2v) is 8.87. The molecular weight excluding hydrogens is 466 g/mol. The Bertz CT molecular complexity index is 1200. The number of halogens is 2. The summed E-state index contributed by atoms with van der Waals surface area (Å²) in [5.41, 5.74) is 8.89. The van der Waals surface area contributed by atoms with E-state index in [1.54, 1.807) is 42.5 Å². The number of carbonyl (C=O) groups is 1. The first-order valence-corrected chi connectivity index (χ1v) is 12.0. The van der Waals surface area contributed by atoms with Crippen molar-refractivity contribution < 1.29 is 28.2 Å². The van der Waals surface area contributed by atoms with Gasteiger partial charge in [-0.1, -0.05) is 36.4 Å². The lowest BCUT2D eigenvalue weighted by molar-refractivity contribution is -0.136. The summed E-state index contributed by atoms with van der Waals surface area (Å²) in [6.45, 7) is 0.636. The number of hydrogen-bond acceptors (Lipinski definition) is 5. The Morgan fingerprint density at radius 3 is 2.78 bits per heavy atom. The van der Waals surface area contributed by atoms with Crippen LogP contribution >= 0.6 is 0 Å². The van der Waals surface area contributed by atoms with Gasteiger partial charge < -0.3 is 25.6 Å². The molecule has 3 aromatic rings. The van der Waals surface area contributed by atoms with Crippen LogP contribution in [0.25, 0.3) is 11.1 Å². The smallest absolute Gasteiger partial charge is 0.307 e. The molecular formula is C28H30F2N2O4. The van der Waals surface area contributed by atoms with E-state index in [4.69, 9.17) is 15.2 Å². The fourth-order valence-corrected chi connectivity index (χ4v) is 4.33. The first-order chi connectivity index (χ1) is 17.4. The summed E-state index contributed by atoms with van der Waals surface area (Å²) in [4.78, 5) is 11.2. The van der Waals surface area contributed by atoms with Crippen molar-refractivity contribution in [2.45, 2.75) is 38.0 Å². The molecule has 1 aliphatic heterocycles. The van der Waals surface area contributed by atoms with Crippen molar-refractivity contribution in [3.8, 4) is 16.9 Å². The van der Waals surface area contributed by atoms with Gasteiger partial charge in [0.05, 0.1) is 18.6 Å². The number of carboxylic acid groups (broad SMARTS) is 1. The van der Waals surface area contributed by atoms with Crippen molar-refractivity contribution in [2.24, 2.45) is 5.73 Å². The van der Waals surface area contributed by atoms with Crippen LogP contribution in [0.4, 0.5) is 14.5 Å². The van der Waals surface area contributed by atoms with Gasteiger partial charge in [0.25, 0.3) is 0 Å². The van der Waals surface area contributed by atoms with Gasteiger partial charge in [-0.3, -0.25) is 4.79 Å². The summed E-state index contributed by atoms with van der Waals surface area (Å²) in [6.07, 6.45) is 1.95. The fraction of sp³-hybridized carbons (Fsp3) is 0.321. The van der Waals surface area contributed by atoms with Crippen LogP contribution < -0.4 is 15.8 Å². The molecule has 0 spiro atoms. The topological polar surface area (TPSA) is 93.8 Å². The maximum Gasteiger partial charge on any atom is 0.307 e. The summed E-state index contributed by atoms with van der Waals surface area (Å²) in [6, 6.07) is 16.3. The number of ether oxygens (including phenoxy) is 2. The molecule has 1 heterocycles. The molecule has 2 atom stereocenters. The van der Waals surface area contributed by atoms with E-state index in [0.717, 1.165) is 30.7 Å². The highest BCUT2D eigenvalue weighted by Crippen LogP contribution is 2.31. The average Bonchev–Trinajstić information content (AvgIpc) is 3.40. The number of nitrogens with two attached hydrogens (primary N) is 1. The molecule has 8 heteroatoms. The van der Waals surface area contributed by atoms with Gasteiger partial charge in [0, 0.05) is 35.5 Å². The fourth-order valence-electron chi connectivity index (χ4n) is 4.33. The predicted molar refractivity (Wildman–Crippen MR) is 134 cm³/mol. The number of aliphatic carboxylic acids is 1. The molecule has 1 unspecified atom stereocenters. The van der Waals surface area contributed by atoms with E-state index in [0.29, 0.717) is 29.0 Å². The molecule has 0 aromatic heterocycles. The number of nitrogens with one attached hydrogen (secondary N) is 1. The molecule has 4 rings (SSSR count). The minimum Gasteiger partial charge on any atom is -0.489 e. The van der Waals surface area contributed by atoms with E-state index < -0.39 is 24.5 Å². The lowest BCUT2D eigenvalue weighted by atomic mass is 9.97. The number of anilines is 1. The minimum atomic E-state index is -1.04. The Morgan fingerprint density at radius 2 is 2.03 bits per heavy atom. The van der Waals surface area contributed by atoms with Gasteiger partial charge in [0.15, 0.2) is 0 Å². The number of hydrogen-bond donors (Lipinski definition) is 3. The Balaban J connectivity index is 1.64. The van der Waals surface area contributed by atoms with E-state index in [9.17, 15) is 14.3 Å². The van der Waals surface area contributed by atoms with Gasteiger partial charge >= 0.3 is 5.97 Å². The van der Waals surface area contributed by atoms with Gasteiger partial charge in [-0.2, -0.15) is 0 Å². The Labute approximate surface area is 209 Å². The largest absolute Gasteiger partial charge is 0.489 e. The van der Waals surface area contributed by atoms with Gasteiger partial charge in [0.1, 0.15) is 24.8 Å². The van der Waals surface area contributed by atoms with Crippen LogP contribution in [0.3, 0.4) is 0 Å². The van der Waals surface area contributed by atoms with Gasteiger partial charge in [-0.15, -0.1) is 0 Å². The maximum atomic E-state index is 15.3. The van der Waals surface area contributed by atoms with Crippen LogP contribution in [0.1, 0.15) is 35.6 Å². The van der Waals surface area contributed by atoms with Crippen molar-refractivity contribution in [1.82, 2.24) is 0 Å². The van der Waals surface area contributed by atoms with Crippen LogP contribution in [0.5, 0.6) is 5.75 Å². The van der Waals surface area contributed by atoms with E-state index in [2.05, 4.69) is 5.32 Å². The summed E-state index contributed by atoms with van der Waals surface area (Å²) in [7, 11) is 0. The van der Waals surface area contributed by atoms with Crippen LogP contribution in [0.15, 0.2) is 60.7 Å². The van der Waals surface area contributed by atoms with Gasteiger partial charge in [-0.25, -0.2) is 8.78 Å². The molecule has 190 valence electrons. The maximum absolute atomic E-state index is 15.3. The van der Waals surface area contributed by atoms with E-state index in [-0.39, 0.29) is 24.7 Å². The van der Waals surface area contributed by atoms with Crippen LogP contribution in [0, 0.1) is 5.82 Å². The molecule has 4 N–H and O–H groups in total. The second-order valence-electron chi connectivity index (χ2n) is 8.87. The standard InChI is InChI=1S/C28H30F2N2O4/c29-15-25(31)24-8-3-7-23(28(24)30)20-11-18(12-21(13-20)32-16-22-6-4-10-35-22)17-36-26-9-2-1-5-19(26)14-27(33)34/h1-3,5,7-9,11-13,22,25,32H,4,6,10,14-17,31H2,(H,33,34)/t22-,25?/m0/s1. The molecule has 1 aliphatic rings. The highest BCUT2D eigenvalue weighted by molar-refractivity contribution is 5.72. The highest BCUT2D eigenvalue weighted by Gasteiger charge is 2.18. The summed E-state index contributed by atoms with van der Waals surface area (Å²) in [5.74, 6) is -1.03. The number of carboxylic acids is 1. The Hall–Kier alpha value is -3.49. The number of benzene rings is 3.